The van der Waals surface area contributed by atoms with Crippen LogP contribution < -0.4 is 10.1 Å². The number of anilines is 1. The average molecular weight is 641 g/mol. The Morgan fingerprint density at radius 1 is 1.02 bits per heavy atom. The summed E-state index contributed by atoms with van der Waals surface area (Å²) in [5, 5.41) is 2.74. The van der Waals surface area contributed by atoms with E-state index in [1.165, 1.54) is 67.9 Å². The molecule has 1 N–H and O–H groups in total. The quantitative estimate of drug-likeness (QED) is 0.202. The average Bonchev–Trinajstić information content (AvgIpc) is 2.93. The number of nitrogens with zero attached hydrogens (tertiary/aromatic N) is 3. The zero-order valence-corrected chi connectivity index (χ0v) is 26.2. The second-order valence-corrected chi connectivity index (χ2v) is 13.3. The van der Waals surface area contributed by atoms with Gasteiger partial charge in [-0.05, 0) is 76.1 Å². The summed E-state index contributed by atoms with van der Waals surface area (Å²) < 4.78 is 68.1. The number of halogens is 3. The van der Waals surface area contributed by atoms with Gasteiger partial charge in [-0.2, -0.15) is 4.39 Å². The van der Waals surface area contributed by atoms with Gasteiger partial charge in [0.1, 0.15) is 11.2 Å². The van der Waals surface area contributed by atoms with Crippen molar-refractivity contribution in [2.45, 2.75) is 51.5 Å². The lowest BCUT2D eigenvalue weighted by Gasteiger charge is -2.18. The third kappa shape index (κ3) is 8.24. The largest absolute Gasteiger partial charge is 0.442 e. The minimum atomic E-state index is -3.25. The number of benzene rings is 2. The van der Waals surface area contributed by atoms with Crippen molar-refractivity contribution in [3.05, 3.63) is 95.2 Å². The number of carbonyl (C=O) groups is 2. The lowest BCUT2D eigenvalue weighted by molar-refractivity contribution is 0.0607. The highest BCUT2D eigenvalue weighted by Gasteiger charge is 2.23. The number of aryl methyl sites for hydroxylation is 1. The molecular weight excluding hydrogens is 609 g/mol. The summed E-state index contributed by atoms with van der Waals surface area (Å²) in [4.78, 5) is 34.3. The number of nitrogens with one attached hydrogen (secondary N) is 1. The molecule has 0 saturated carbocycles. The minimum Gasteiger partial charge on any atom is -0.442 e. The molecule has 0 spiro atoms. The monoisotopic (exact) mass is 640 g/mol. The van der Waals surface area contributed by atoms with E-state index in [1.54, 1.807) is 33.8 Å². The molecule has 0 saturated heterocycles. The van der Waals surface area contributed by atoms with Crippen molar-refractivity contribution >= 4 is 27.4 Å². The van der Waals surface area contributed by atoms with Crippen LogP contribution in [-0.4, -0.2) is 38.0 Å². The van der Waals surface area contributed by atoms with Crippen LogP contribution in [0.25, 0.3) is 11.1 Å². The third-order valence-electron chi connectivity index (χ3n) is 6.39. The van der Waals surface area contributed by atoms with Gasteiger partial charge in [-0.25, -0.2) is 27.8 Å². The Kier molecular flexibility index (Phi) is 9.62. The molecule has 0 unspecified atom stereocenters. The van der Waals surface area contributed by atoms with Gasteiger partial charge in [0.2, 0.25) is 11.8 Å². The third-order valence-corrected chi connectivity index (χ3v) is 8.01. The van der Waals surface area contributed by atoms with Crippen molar-refractivity contribution < 1.29 is 36.4 Å². The van der Waals surface area contributed by atoms with Crippen LogP contribution in [0.15, 0.2) is 76.1 Å². The van der Waals surface area contributed by atoms with Crippen molar-refractivity contribution in [2.24, 2.45) is 4.36 Å². The maximum atomic E-state index is 13.8. The number of hydrogen-bond donors (Lipinski definition) is 1. The van der Waals surface area contributed by atoms with Gasteiger partial charge in [0, 0.05) is 34.2 Å². The van der Waals surface area contributed by atoms with Crippen LogP contribution in [0.3, 0.4) is 0 Å². The number of pyridine rings is 2. The van der Waals surface area contributed by atoms with Crippen LogP contribution in [0.2, 0.25) is 0 Å². The van der Waals surface area contributed by atoms with Gasteiger partial charge in [-0.3, -0.25) is 4.79 Å². The highest BCUT2D eigenvalue weighted by atomic mass is 32.2. The van der Waals surface area contributed by atoms with E-state index in [0.717, 1.165) is 6.07 Å². The molecule has 0 aliphatic carbocycles. The van der Waals surface area contributed by atoms with Crippen molar-refractivity contribution in [3.8, 4) is 22.8 Å². The number of carbonyl (C=O) groups excluding carboxylic acids is 2. The second kappa shape index (κ2) is 13.1. The van der Waals surface area contributed by atoms with Crippen LogP contribution in [0.1, 0.15) is 54.4 Å². The summed E-state index contributed by atoms with van der Waals surface area (Å²) in [5.41, 5.74) is 0.854. The van der Waals surface area contributed by atoms with Crippen molar-refractivity contribution in [1.29, 1.82) is 0 Å². The zero-order valence-electron chi connectivity index (χ0n) is 25.4. The molecule has 2 aromatic heterocycles. The molecule has 0 bridgehead atoms. The van der Waals surface area contributed by atoms with Crippen molar-refractivity contribution in [1.82, 2.24) is 9.97 Å². The highest BCUT2D eigenvalue weighted by molar-refractivity contribution is 7.93. The Morgan fingerprint density at radius 3 is 2.33 bits per heavy atom. The van der Waals surface area contributed by atoms with Gasteiger partial charge in [0.25, 0.3) is 12.3 Å². The molecule has 236 valence electrons. The Balaban J connectivity index is 1.75. The molecule has 4 aromatic rings. The van der Waals surface area contributed by atoms with E-state index in [-0.39, 0.29) is 39.0 Å². The van der Waals surface area contributed by atoms with E-state index in [2.05, 4.69) is 19.6 Å². The summed E-state index contributed by atoms with van der Waals surface area (Å²) in [7, 11) is -3.25. The maximum absolute atomic E-state index is 13.8. The Hall–Kier alpha value is -4.78. The number of alkyl halides is 2. The van der Waals surface area contributed by atoms with Crippen LogP contribution in [0.5, 0.6) is 11.6 Å². The summed E-state index contributed by atoms with van der Waals surface area (Å²) in [6.07, 6.45) is -0.916. The van der Waals surface area contributed by atoms with E-state index in [0.29, 0.717) is 16.7 Å². The van der Waals surface area contributed by atoms with Gasteiger partial charge in [0.05, 0.1) is 15.4 Å². The SMILES string of the molecule is Cc1nc(F)ccc1Oc1ncc(-c2ccc(C(F)F)cc2)c(C)c1C(=O)Nc1cccc([S@@](C)(=O)=NC(=O)OC(C)(C)C)c1. The fraction of sp³-hybridized carbons (Fsp3) is 0.250. The number of ether oxygens (including phenoxy) is 2. The van der Waals surface area contributed by atoms with Crippen molar-refractivity contribution in [2.75, 3.05) is 11.6 Å². The molecule has 2 amide bonds. The molecule has 13 heteroatoms. The predicted molar refractivity (Wildman–Crippen MR) is 164 cm³/mol. The summed E-state index contributed by atoms with van der Waals surface area (Å²) >= 11 is 0. The van der Waals surface area contributed by atoms with E-state index in [9.17, 15) is 27.0 Å². The van der Waals surface area contributed by atoms with Gasteiger partial charge >= 0.3 is 6.09 Å². The Morgan fingerprint density at radius 2 is 1.71 bits per heavy atom. The summed E-state index contributed by atoms with van der Waals surface area (Å²) in [6, 6.07) is 14.0. The number of rotatable bonds is 7. The Labute approximate surface area is 259 Å². The molecule has 1 atom stereocenters. The van der Waals surface area contributed by atoms with Crippen LogP contribution in [-0.2, 0) is 14.5 Å². The normalized spacial score (nSPS) is 12.8. The number of aromatic nitrogens is 2. The van der Waals surface area contributed by atoms with Crippen LogP contribution in [0.4, 0.5) is 23.7 Å². The fourth-order valence-corrected chi connectivity index (χ4v) is 5.34. The van der Waals surface area contributed by atoms with Crippen LogP contribution in [0, 0.1) is 19.8 Å². The molecule has 9 nitrogen and oxygen atoms in total. The molecule has 2 aromatic carbocycles. The smallest absolute Gasteiger partial charge is 0.442 e. The van der Waals surface area contributed by atoms with Gasteiger partial charge in [-0.1, -0.05) is 30.3 Å². The lowest BCUT2D eigenvalue weighted by Crippen LogP contribution is -2.22. The second-order valence-electron chi connectivity index (χ2n) is 11.1. The zero-order chi connectivity index (χ0) is 33.1. The van der Waals surface area contributed by atoms with E-state index < -0.39 is 39.7 Å². The highest BCUT2D eigenvalue weighted by Crippen LogP contribution is 2.34. The molecule has 45 heavy (non-hydrogen) atoms. The Bertz CT molecular complexity index is 1880. The van der Waals surface area contributed by atoms with Gasteiger partial charge < -0.3 is 14.8 Å². The summed E-state index contributed by atoms with van der Waals surface area (Å²) in [6.45, 7) is 8.14. The standard InChI is InChI=1S/C32H31F3N4O5S/c1-18-24(20-10-12-21(13-11-20)28(34)35)17-36-30(43-25-14-15-26(33)37-19(25)2)27(18)29(40)38-22-8-7-9-23(16-22)45(6,42)39-31(41)44-32(3,4)5/h7-17,28H,1-6H3,(H,38,40)/t45-/m1/s1. The first-order valence-electron chi connectivity index (χ1n) is 13.6. The molecule has 0 aliphatic rings. The first kappa shape index (κ1) is 33.1. The first-order valence-corrected chi connectivity index (χ1v) is 15.5. The van der Waals surface area contributed by atoms with Crippen molar-refractivity contribution in [3.63, 3.8) is 0 Å². The molecule has 4 rings (SSSR count). The van der Waals surface area contributed by atoms with Gasteiger partial charge in [0.15, 0.2) is 5.75 Å². The maximum Gasteiger partial charge on any atom is 0.442 e. The van der Waals surface area contributed by atoms with Gasteiger partial charge in [-0.15, -0.1) is 4.36 Å². The predicted octanol–water partition coefficient (Wildman–Crippen LogP) is 8.27. The first-order chi connectivity index (χ1) is 21.0. The number of hydrogen-bond acceptors (Lipinski definition) is 7. The fourth-order valence-electron chi connectivity index (χ4n) is 4.23. The lowest BCUT2D eigenvalue weighted by atomic mass is 9.97. The van der Waals surface area contributed by atoms with E-state index in [1.807, 2.05) is 0 Å². The van der Waals surface area contributed by atoms with E-state index in [4.69, 9.17) is 9.47 Å². The van der Waals surface area contributed by atoms with E-state index >= 15 is 0 Å². The number of amides is 2. The molecule has 2 heterocycles. The molecular formula is C32H31F3N4O5S. The summed E-state index contributed by atoms with van der Waals surface area (Å²) in [5.74, 6) is -1.35. The molecule has 0 fully saturated rings. The minimum absolute atomic E-state index is 0.00441. The van der Waals surface area contributed by atoms with Crippen LogP contribution >= 0.6 is 0 Å². The molecule has 0 radical (unpaired) electrons. The molecule has 0 aliphatic heterocycles. The topological polar surface area (TPSA) is 120 Å².